The van der Waals surface area contributed by atoms with Gasteiger partial charge in [0.2, 0.25) is 12.7 Å². The molecule has 2 aliphatic heterocycles. The van der Waals surface area contributed by atoms with Crippen LogP contribution in [0.3, 0.4) is 0 Å². The van der Waals surface area contributed by atoms with Crippen molar-refractivity contribution < 1.29 is 19.1 Å². The van der Waals surface area contributed by atoms with Crippen molar-refractivity contribution in [3.8, 4) is 11.5 Å². The lowest BCUT2D eigenvalue weighted by atomic mass is 10.0. The monoisotopic (exact) mass is 452 g/mol. The van der Waals surface area contributed by atoms with Crippen molar-refractivity contribution in [1.29, 1.82) is 0 Å². The van der Waals surface area contributed by atoms with E-state index in [2.05, 4.69) is 21.6 Å². The number of amides is 3. The van der Waals surface area contributed by atoms with E-state index in [4.69, 9.17) is 9.47 Å². The Bertz CT molecular complexity index is 1000. The van der Waals surface area contributed by atoms with Crippen LogP contribution in [0.25, 0.3) is 0 Å². The van der Waals surface area contributed by atoms with Crippen LogP contribution in [-0.2, 0) is 11.3 Å². The summed E-state index contributed by atoms with van der Waals surface area (Å²) in [6.07, 6.45) is 0. The van der Waals surface area contributed by atoms with Gasteiger partial charge in [-0.2, -0.15) is 0 Å². The summed E-state index contributed by atoms with van der Waals surface area (Å²) in [7, 11) is 0. The van der Waals surface area contributed by atoms with Crippen molar-refractivity contribution in [1.82, 2.24) is 15.1 Å². The molecule has 176 valence electrons. The summed E-state index contributed by atoms with van der Waals surface area (Å²) in [6, 6.07) is 12.7. The first kappa shape index (κ1) is 22.9. The van der Waals surface area contributed by atoms with E-state index in [1.165, 1.54) is 0 Å². The first-order chi connectivity index (χ1) is 15.9. The highest BCUT2D eigenvalue weighted by molar-refractivity contribution is 5.94. The Labute approximate surface area is 194 Å². The summed E-state index contributed by atoms with van der Waals surface area (Å²) in [6.45, 7) is 9.76. The van der Waals surface area contributed by atoms with Gasteiger partial charge in [-0.25, -0.2) is 4.79 Å². The Hall–Kier alpha value is -3.26. The standard InChI is InChI=1S/C25H32N4O4/c1-17(2)23(27-25(31)26-20-6-4-5-18(3)13-20)24(30)29-11-9-28(10-12-29)15-19-7-8-21-22(14-19)33-16-32-21/h4-8,13-14,17,23H,9-12,15-16H2,1-3H3,(H2,26,27,31). The van der Waals surface area contributed by atoms with Gasteiger partial charge in [0.25, 0.3) is 0 Å². The molecule has 2 aromatic carbocycles. The molecule has 33 heavy (non-hydrogen) atoms. The van der Waals surface area contributed by atoms with Gasteiger partial charge < -0.3 is 25.0 Å². The number of rotatable bonds is 6. The molecule has 3 amide bonds. The van der Waals surface area contributed by atoms with Crippen LogP contribution in [0.15, 0.2) is 42.5 Å². The molecule has 0 radical (unpaired) electrons. The van der Waals surface area contributed by atoms with Crippen molar-refractivity contribution in [3.05, 3.63) is 53.6 Å². The van der Waals surface area contributed by atoms with Crippen molar-refractivity contribution in [2.24, 2.45) is 5.92 Å². The third-order valence-corrected chi connectivity index (χ3v) is 6.02. The molecule has 2 aliphatic rings. The van der Waals surface area contributed by atoms with E-state index in [9.17, 15) is 9.59 Å². The molecule has 8 heteroatoms. The van der Waals surface area contributed by atoms with Crippen molar-refractivity contribution >= 4 is 17.6 Å². The molecule has 1 saturated heterocycles. The molecule has 2 aromatic rings. The quantitative estimate of drug-likeness (QED) is 0.703. The third-order valence-electron chi connectivity index (χ3n) is 6.02. The maximum absolute atomic E-state index is 13.2. The zero-order valence-corrected chi connectivity index (χ0v) is 19.5. The van der Waals surface area contributed by atoms with E-state index in [-0.39, 0.29) is 24.6 Å². The van der Waals surface area contributed by atoms with Crippen LogP contribution in [0.1, 0.15) is 25.0 Å². The van der Waals surface area contributed by atoms with Gasteiger partial charge in [0.1, 0.15) is 6.04 Å². The highest BCUT2D eigenvalue weighted by atomic mass is 16.7. The number of carbonyl (C=O) groups excluding carboxylic acids is 2. The maximum Gasteiger partial charge on any atom is 0.319 e. The fourth-order valence-corrected chi connectivity index (χ4v) is 4.17. The largest absolute Gasteiger partial charge is 0.454 e. The lowest BCUT2D eigenvalue weighted by Crippen LogP contribution is -2.56. The predicted molar refractivity (Wildman–Crippen MR) is 126 cm³/mol. The fourth-order valence-electron chi connectivity index (χ4n) is 4.17. The van der Waals surface area contributed by atoms with Crippen molar-refractivity contribution in [2.75, 3.05) is 38.3 Å². The van der Waals surface area contributed by atoms with Gasteiger partial charge in [-0.05, 0) is 48.2 Å². The van der Waals surface area contributed by atoms with Gasteiger partial charge in [-0.1, -0.05) is 32.0 Å². The summed E-state index contributed by atoms with van der Waals surface area (Å²) in [5.41, 5.74) is 2.93. The molecule has 8 nitrogen and oxygen atoms in total. The number of carbonyl (C=O) groups is 2. The summed E-state index contributed by atoms with van der Waals surface area (Å²) in [5, 5.41) is 5.71. The van der Waals surface area contributed by atoms with Crippen molar-refractivity contribution in [3.63, 3.8) is 0 Å². The smallest absolute Gasteiger partial charge is 0.319 e. The van der Waals surface area contributed by atoms with E-state index in [0.717, 1.165) is 42.3 Å². The predicted octanol–water partition coefficient (Wildman–Crippen LogP) is 3.21. The van der Waals surface area contributed by atoms with Gasteiger partial charge >= 0.3 is 6.03 Å². The van der Waals surface area contributed by atoms with E-state index in [1.807, 2.05) is 62.1 Å². The van der Waals surface area contributed by atoms with Crippen LogP contribution in [-0.4, -0.2) is 60.8 Å². The molecule has 1 atom stereocenters. The number of benzene rings is 2. The number of ether oxygens (including phenoxy) is 2. The number of hydrogen-bond donors (Lipinski definition) is 2. The van der Waals surface area contributed by atoms with Gasteiger partial charge in [0, 0.05) is 38.4 Å². The van der Waals surface area contributed by atoms with Gasteiger partial charge in [0.05, 0.1) is 0 Å². The Morgan fingerprint density at radius 2 is 1.76 bits per heavy atom. The first-order valence-corrected chi connectivity index (χ1v) is 11.4. The molecule has 1 unspecified atom stereocenters. The lowest BCUT2D eigenvalue weighted by Gasteiger charge is -2.37. The number of aryl methyl sites for hydroxylation is 1. The number of anilines is 1. The van der Waals surface area contributed by atoms with Crippen LogP contribution in [0, 0.1) is 12.8 Å². The highest BCUT2D eigenvalue weighted by Crippen LogP contribution is 2.32. The molecule has 0 aromatic heterocycles. The SMILES string of the molecule is Cc1cccc(NC(=O)NC(C(=O)N2CCN(Cc3ccc4c(c3)OCO4)CC2)C(C)C)c1. The van der Waals surface area contributed by atoms with E-state index < -0.39 is 6.04 Å². The number of fused-ring (bicyclic) bond motifs is 1. The molecule has 0 bridgehead atoms. The van der Waals surface area contributed by atoms with Crippen LogP contribution in [0.5, 0.6) is 11.5 Å². The zero-order valence-electron chi connectivity index (χ0n) is 19.5. The van der Waals surface area contributed by atoms with Gasteiger partial charge in [0.15, 0.2) is 11.5 Å². The minimum atomic E-state index is -0.574. The number of nitrogens with one attached hydrogen (secondary N) is 2. The second kappa shape index (κ2) is 10.1. The number of hydrogen-bond acceptors (Lipinski definition) is 5. The van der Waals surface area contributed by atoms with Crippen LogP contribution < -0.4 is 20.1 Å². The summed E-state index contributed by atoms with van der Waals surface area (Å²) >= 11 is 0. The number of piperazine rings is 1. The average Bonchev–Trinajstić information content (AvgIpc) is 3.25. The lowest BCUT2D eigenvalue weighted by molar-refractivity contribution is -0.136. The molecule has 1 fully saturated rings. The van der Waals surface area contributed by atoms with Crippen LogP contribution >= 0.6 is 0 Å². The minimum Gasteiger partial charge on any atom is -0.454 e. The zero-order chi connectivity index (χ0) is 23.4. The molecule has 2 N–H and O–H groups in total. The van der Waals surface area contributed by atoms with E-state index >= 15 is 0 Å². The minimum absolute atomic E-state index is 0.0209. The van der Waals surface area contributed by atoms with E-state index in [0.29, 0.717) is 18.8 Å². The van der Waals surface area contributed by atoms with E-state index in [1.54, 1.807) is 0 Å². The summed E-state index contributed by atoms with van der Waals surface area (Å²) in [4.78, 5) is 29.9. The summed E-state index contributed by atoms with van der Waals surface area (Å²) < 4.78 is 10.8. The molecule has 0 saturated carbocycles. The second-order valence-corrected chi connectivity index (χ2v) is 8.98. The Balaban J connectivity index is 1.29. The molecule has 0 aliphatic carbocycles. The van der Waals surface area contributed by atoms with Crippen molar-refractivity contribution in [2.45, 2.75) is 33.4 Å². The Morgan fingerprint density at radius 1 is 1.00 bits per heavy atom. The second-order valence-electron chi connectivity index (χ2n) is 8.98. The van der Waals surface area contributed by atoms with Gasteiger partial charge in [-0.15, -0.1) is 0 Å². The van der Waals surface area contributed by atoms with Crippen LogP contribution in [0.2, 0.25) is 0 Å². The highest BCUT2D eigenvalue weighted by Gasteiger charge is 2.31. The summed E-state index contributed by atoms with van der Waals surface area (Å²) in [5.74, 6) is 1.52. The Morgan fingerprint density at radius 3 is 2.48 bits per heavy atom. The fraction of sp³-hybridized carbons (Fsp3) is 0.440. The molecule has 4 rings (SSSR count). The molecule has 2 heterocycles. The molecular formula is C25H32N4O4. The van der Waals surface area contributed by atoms with Gasteiger partial charge in [-0.3, -0.25) is 9.69 Å². The normalized spacial score (nSPS) is 16.5. The Kier molecular flexibility index (Phi) is 7.03. The number of nitrogens with zero attached hydrogens (tertiary/aromatic N) is 2. The molecule has 0 spiro atoms. The topological polar surface area (TPSA) is 83.1 Å². The average molecular weight is 453 g/mol. The van der Waals surface area contributed by atoms with Crippen LogP contribution in [0.4, 0.5) is 10.5 Å². The maximum atomic E-state index is 13.2. The number of urea groups is 1. The third kappa shape index (κ3) is 5.76. The molecular weight excluding hydrogens is 420 g/mol. The first-order valence-electron chi connectivity index (χ1n) is 11.4.